The van der Waals surface area contributed by atoms with Gasteiger partial charge in [0.1, 0.15) is 5.82 Å². The van der Waals surface area contributed by atoms with Crippen LogP contribution in [-0.4, -0.2) is 10.1 Å². The van der Waals surface area contributed by atoms with Gasteiger partial charge in [0.05, 0.1) is 6.10 Å². The standard InChI is InChI=1S/C7H8FNO2/c1-4(10)6-2-5(8)3-9-7(6)11/h2-4,10H,1H3,(H,9,11). The van der Waals surface area contributed by atoms with Gasteiger partial charge in [-0.1, -0.05) is 0 Å². The molecule has 1 heterocycles. The Labute approximate surface area is 62.5 Å². The minimum atomic E-state index is -0.936. The zero-order valence-electron chi connectivity index (χ0n) is 5.97. The molecule has 2 N–H and O–H groups in total. The summed E-state index contributed by atoms with van der Waals surface area (Å²) in [6, 6.07) is 1.02. The summed E-state index contributed by atoms with van der Waals surface area (Å²) in [6.07, 6.45) is 0.0169. The molecule has 0 spiro atoms. The summed E-state index contributed by atoms with van der Waals surface area (Å²) in [5.41, 5.74) is -0.411. The summed E-state index contributed by atoms with van der Waals surface area (Å²) in [5.74, 6) is -0.555. The number of pyridine rings is 1. The molecule has 1 aromatic rings. The second kappa shape index (κ2) is 2.84. The third-order valence-corrected chi connectivity index (χ3v) is 1.35. The van der Waals surface area contributed by atoms with Crippen LogP contribution in [0.15, 0.2) is 17.1 Å². The van der Waals surface area contributed by atoms with E-state index in [9.17, 15) is 9.18 Å². The Bertz CT molecular complexity index is 306. The first-order valence-electron chi connectivity index (χ1n) is 3.17. The maximum Gasteiger partial charge on any atom is 0.253 e. The van der Waals surface area contributed by atoms with E-state index in [4.69, 9.17) is 5.11 Å². The van der Waals surface area contributed by atoms with Crippen molar-refractivity contribution in [3.8, 4) is 0 Å². The van der Waals surface area contributed by atoms with Crippen LogP contribution in [-0.2, 0) is 0 Å². The maximum atomic E-state index is 12.4. The molecule has 0 saturated carbocycles. The molecule has 0 aliphatic heterocycles. The lowest BCUT2D eigenvalue weighted by molar-refractivity contribution is 0.197. The molecule has 1 atom stereocenters. The predicted octanol–water partition coefficient (Wildman–Crippen LogP) is 0.567. The van der Waals surface area contributed by atoms with Crippen molar-refractivity contribution in [2.45, 2.75) is 13.0 Å². The van der Waals surface area contributed by atoms with Crippen molar-refractivity contribution < 1.29 is 9.50 Å². The summed E-state index contributed by atoms with van der Waals surface area (Å²) in [7, 11) is 0. The number of aromatic amines is 1. The maximum absolute atomic E-state index is 12.4. The van der Waals surface area contributed by atoms with Crippen LogP contribution < -0.4 is 5.56 Å². The molecule has 0 radical (unpaired) electrons. The SMILES string of the molecule is CC(O)c1cc(F)c[nH]c1=O. The van der Waals surface area contributed by atoms with E-state index in [1.165, 1.54) is 6.92 Å². The molecular formula is C7H8FNO2. The van der Waals surface area contributed by atoms with Crippen molar-refractivity contribution >= 4 is 0 Å². The first-order valence-corrected chi connectivity index (χ1v) is 3.17. The largest absolute Gasteiger partial charge is 0.388 e. The third kappa shape index (κ3) is 1.65. The number of nitrogens with one attached hydrogen (secondary N) is 1. The molecule has 11 heavy (non-hydrogen) atoms. The molecular weight excluding hydrogens is 149 g/mol. The van der Waals surface area contributed by atoms with Crippen LogP contribution in [0.4, 0.5) is 4.39 Å². The normalized spacial score (nSPS) is 13.0. The van der Waals surface area contributed by atoms with E-state index < -0.39 is 17.5 Å². The summed E-state index contributed by atoms with van der Waals surface area (Å²) in [5, 5.41) is 8.94. The van der Waals surface area contributed by atoms with Gasteiger partial charge in [0.25, 0.3) is 5.56 Å². The summed E-state index contributed by atoms with van der Waals surface area (Å²) in [4.78, 5) is 13.0. The lowest BCUT2D eigenvalue weighted by Gasteiger charge is -2.01. The van der Waals surface area contributed by atoms with Gasteiger partial charge >= 0.3 is 0 Å². The zero-order valence-corrected chi connectivity index (χ0v) is 5.97. The molecule has 0 bridgehead atoms. The highest BCUT2D eigenvalue weighted by Gasteiger charge is 2.06. The fraction of sp³-hybridized carbons (Fsp3) is 0.286. The van der Waals surface area contributed by atoms with Crippen LogP contribution in [0.3, 0.4) is 0 Å². The van der Waals surface area contributed by atoms with E-state index in [1.807, 2.05) is 0 Å². The molecule has 4 heteroatoms. The highest BCUT2D eigenvalue weighted by Crippen LogP contribution is 2.06. The van der Waals surface area contributed by atoms with E-state index in [2.05, 4.69) is 4.98 Å². The zero-order chi connectivity index (χ0) is 8.43. The number of aliphatic hydroxyl groups is 1. The Hall–Kier alpha value is -1.16. The smallest absolute Gasteiger partial charge is 0.253 e. The van der Waals surface area contributed by atoms with Crippen molar-refractivity contribution in [2.24, 2.45) is 0 Å². The Morgan fingerprint density at radius 2 is 2.36 bits per heavy atom. The van der Waals surface area contributed by atoms with Crippen LogP contribution in [0.5, 0.6) is 0 Å². The number of H-pyrrole nitrogens is 1. The number of aliphatic hydroxyl groups excluding tert-OH is 1. The van der Waals surface area contributed by atoms with Gasteiger partial charge in [-0.3, -0.25) is 4.79 Å². The molecule has 0 aromatic carbocycles. The molecule has 0 saturated heterocycles. The van der Waals surface area contributed by atoms with Gasteiger partial charge in [0, 0.05) is 11.8 Å². The van der Waals surface area contributed by atoms with Gasteiger partial charge in [-0.05, 0) is 13.0 Å². The van der Waals surface area contributed by atoms with E-state index >= 15 is 0 Å². The number of aromatic nitrogens is 1. The molecule has 0 aliphatic carbocycles. The average Bonchev–Trinajstić information content (AvgIpc) is 1.94. The van der Waals surface area contributed by atoms with Gasteiger partial charge in [0.15, 0.2) is 0 Å². The highest BCUT2D eigenvalue weighted by molar-refractivity contribution is 5.12. The second-order valence-corrected chi connectivity index (χ2v) is 2.28. The summed E-state index contributed by atoms with van der Waals surface area (Å²) >= 11 is 0. The number of halogens is 1. The Balaban J connectivity index is 3.24. The molecule has 0 aliphatic rings. The van der Waals surface area contributed by atoms with Crippen LogP contribution in [0, 0.1) is 5.82 Å². The van der Waals surface area contributed by atoms with E-state index in [0.717, 1.165) is 12.3 Å². The van der Waals surface area contributed by atoms with Crippen LogP contribution in [0.2, 0.25) is 0 Å². The second-order valence-electron chi connectivity index (χ2n) is 2.28. The Morgan fingerprint density at radius 3 is 2.82 bits per heavy atom. The lowest BCUT2D eigenvalue weighted by Crippen LogP contribution is -2.14. The van der Waals surface area contributed by atoms with Crippen LogP contribution in [0.1, 0.15) is 18.6 Å². The van der Waals surface area contributed by atoms with Crippen molar-refractivity contribution in [1.29, 1.82) is 0 Å². The molecule has 0 amide bonds. The van der Waals surface area contributed by atoms with Crippen molar-refractivity contribution in [3.63, 3.8) is 0 Å². The van der Waals surface area contributed by atoms with Gasteiger partial charge in [0.2, 0.25) is 0 Å². The molecule has 1 aromatic heterocycles. The Kier molecular flexibility index (Phi) is 2.05. The minimum absolute atomic E-state index is 0.0463. The van der Waals surface area contributed by atoms with Crippen molar-refractivity contribution in [1.82, 2.24) is 4.98 Å². The minimum Gasteiger partial charge on any atom is -0.388 e. The molecule has 60 valence electrons. The molecule has 0 fully saturated rings. The van der Waals surface area contributed by atoms with Crippen LogP contribution in [0.25, 0.3) is 0 Å². The van der Waals surface area contributed by atoms with Crippen LogP contribution >= 0.6 is 0 Å². The molecule has 1 rings (SSSR count). The highest BCUT2D eigenvalue weighted by atomic mass is 19.1. The van der Waals surface area contributed by atoms with E-state index in [0.29, 0.717) is 0 Å². The van der Waals surface area contributed by atoms with Gasteiger partial charge in [-0.2, -0.15) is 0 Å². The third-order valence-electron chi connectivity index (χ3n) is 1.35. The fourth-order valence-corrected chi connectivity index (χ4v) is 0.784. The molecule has 1 unspecified atom stereocenters. The quantitative estimate of drug-likeness (QED) is 0.626. The molecule has 3 nitrogen and oxygen atoms in total. The average molecular weight is 157 g/mol. The fourth-order valence-electron chi connectivity index (χ4n) is 0.784. The van der Waals surface area contributed by atoms with E-state index in [-0.39, 0.29) is 5.56 Å². The number of rotatable bonds is 1. The lowest BCUT2D eigenvalue weighted by atomic mass is 10.2. The predicted molar refractivity (Wildman–Crippen MR) is 37.7 cm³/mol. The summed E-state index contributed by atoms with van der Waals surface area (Å²) in [6.45, 7) is 1.41. The number of hydrogen-bond donors (Lipinski definition) is 2. The summed E-state index contributed by atoms with van der Waals surface area (Å²) < 4.78 is 12.4. The van der Waals surface area contributed by atoms with Crippen molar-refractivity contribution in [3.05, 3.63) is 34.0 Å². The first kappa shape index (κ1) is 7.94. The van der Waals surface area contributed by atoms with E-state index in [1.54, 1.807) is 0 Å². The van der Waals surface area contributed by atoms with Gasteiger partial charge < -0.3 is 10.1 Å². The van der Waals surface area contributed by atoms with Crippen molar-refractivity contribution in [2.75, 3.05) is 0 Å². The monoisotopic (exact) mass is 157 g/mol. The number of hydrogen-bond acceptors (Lipinski definition) is 2. The van der Waals surface area contributed by atoms with Gasteiger partial charge in [-0.15, -0.1) is 0 Å². The topological polar surface area (TPSA) is 53.1 Å². The first-order chi connectivity index (χ1) is 5.11. The Morgan fingerprint density at radius 1 is 1.73 bits per heavy atom. The van der Waals surface area contributed by atoms with Gasteiger partial charge in [-0.25, -0.2) is 4.39 Å².